The monoisotopic (exact) mass is 378 g/mol. The fourth-order valence-electron chi connectivity index (χ4n) is 3.22. The third-order valence-corrected chi connectivity index (χ3v) is 4.69. The number of rotatable bonds is 8. The minimum Gasteiger partial charge on any atom is -0.481 e. The van der Waals surface area contributed by atoms with Gasteiger partial charge in [-0.15, -0.1) is 0 Å². The molecule has 0 aliphatic carbocycles. The van der Waals surface area contributed by atoms with Crippen molar-refractivity contribution in [3.8, 4) is 0 Å². The maximum atomic E-state index is 12.9. The lowest BCUT2D eigenvalue weighted by Crippen LogP contribution is -2.59. The molecule has 0 spiro atoms. The number of methoxy groups -OCH3 is 1. The Kier molecular flexibility index (Phi) is 5.97. The molecule has 0 saturated heterocycles. The van der Waals surface area contributed by atoms with Crippen molar-refractivity contribution < 1.29 is 34.1 Å². The Balaban J connectivity index is 2.48. The molecular weight excluding hydrogens is 356 g/mol. The molecule has 4 N–H and O–H groups in total. The number of Topliss-reactive ketones (excluding diaryl/α,β-unsaturated/α-hetero) is 1. The van der Waals surface area contributed by atoms with E-state index in [0.717, 1.165) is 12.0 Å². The summed E-state index contributed by atoms with van der Waals surface area (Å²) in [5, 5.41) is 19.9. The summed E-state index contributed by atoms with van der Waals surface area (Å²) in [6.07, 6.45) is -0.588. The van der Waals surface area contributed by atoms with Crippen LogP contribution in [-0.4, -0.2) is 57.9 Å². The summed E-state index contributed by atoms with van der Waals surface area (Å²) in [6, 6.07) is 3.15. The Bertz CT molecular complexity index is 779. The van der Waals surface area contributed by atoms with Crippen LogP contribution in [0.2, 0.25) is 0 Å². The molecule has 1 aliphatic rings. The van der Waals surface area contributed by atoms with Crippen LogP contribution in [0.5, 0.6) is 0 Å². The van der Waals surface area contributed by atoms with E-state index in [-0.39, 0.29) is 30.4 Å². The van der Waals surface area contributed by atoms with Crippen LogP contribution in [0, 0.1) is 0 Å². The predicted molar refractivity (Wildman–Crippen MR) is 92.5 cm³/mol. The van der Waals surface area contributed by atoms with E-state index in [1.54, 1.807) is 25.1 Å². The molecule has 1 unspecified atom stereocenters. The van der Waals surface area contributed by atoms with Crippen molar-refractivity contribution in [2.45, 2.75) is 44.0 Å². The van der Waals surface area contributed by atoms with Crippen LogP contribution in [0.3, 0.4) is 0 Å². The van der Waals surface area contributed by atoms with Gasteiger partial charge in [0.15, 0.2) is 17.6 Å². The van der Waals surface area contributed by atoms with Gasteiger partial charge in [0, 0.05) is 17.5 Å². The number of ketones is 1. The first-order chi connectivity index (χ1) is 12.7. The fraction of sp³-hybridized carbons (Fsp3) is 0.444. The van der Waals surface area contributed by atoms with Gasteiger partial charge in [0.2, 0.25) is 0 Å². The van der Waals surface area contributed by atoms with Crippen LogP contribution in [-0.2, 0) is 24.8 Å². The van der Waals surface area contributed by atoms with E-state index in [4.69, 9.17) is 10.8 Å². The number of nitrogens with zero attached hydrogens (tertiary/aromatic N) is 1. The van der Waals surface area contributed by atoms with Gasteiger partial charge in [-0.3, -0.25) is 19.3 Å². The molecule has 0 bridgehead atoms. The fourth-order valence-corrected chi connectivity index (χ4v) is 3.22. The highest BCUT2D eigenvalue weighted by molar-refractivity contribution is 6.11. The van der Waals surface area contributed by atoms with Crippen molar-refractivity contribution in [3.05, 3.63) is 35.4 Å². The number of ether oxygens (including phenoxy) is 1. The van der Waals surface area contributed by atoms with E-state index in [2.05, 4.69) is 4.74 Å². The molecule has 1 amide bonds. The van der Waals surface area contributed by atoms with Crippen molar-refractivity contribution in [2.75, 3.05) is 7.11 Å². The number of esters is 1. The summed E-state index contributed by atoms with van der Waals surface area (Å²) in [5.74, 6) is -3.80. The zero-order chi connectivity index (χ0) is 20.4. The van der Waals surface area contributed by atoms with Crippen LogP contribution in [0.1, 0.15) is 42.1 Å². The number of carboxylic acid groups (broad SMARTS) is 1. The van der Waals surface area contributed by atoms with Crippen molar-refractivity contribution in [1.82, 2.24) is 4.90 Å². The van der Waals surface area contributed by atoms with E-state index in [1.807, 2.05) is 0 Å². The maximum Gasteiger partial charge on any atom is 0.336 e. The van der Waals surface area contributed by atoms with Gasteiger partial charge in [-0.05, 0) is 18.9 Å². The van der Waals surface area contributed by atoms with Gasteiger partial charge in [0.1, 0.15) is 0 Å². The molecule has 9 nitrogen and oxygen atoms in total. The van der Waals surface area contributed by atoms with Gasteiger partial charge in [0.05, 0.1) is 13.2 Å². The zero-order valence-electron chi connectivity index (χ0n) is 15.0. The van der Waals surface area contributed by atoms with Crippen molar-refractivity contribution in [3.63, 3.8) is 0 Å². The first kappa shape index (κ1) is 20.5. The van der Waals surface area contributed by atoms with Crippen LogP contribution < -0.4 is 5.73 Å². The highest BCUT2D eigenvalue weighted by atomic mass is 16.5. The van der Waals surface area contributed by atoms with Gasteiger partial charge in [-0.25, -0.2) is 4.79 Å². The molecule has 1 heterocycles. The highest BCUT2D eigenvalue weighted by Crippen LogP contribution is 2.41. The minimum absolute atomic E-state index is 0.0148. The number of amides is 1. The summed E-state index contributed by atoms with van der Waals surface area (Å²) in [7, 11) is 1.05. The second-order valence-corrected chi connectivity index (χ2v) is 6.26. The number of benzene rings is 1. The maximum absolute atomic E-state index is 12.9. The number of carbonyl (C=O) groups is 4. The first-order valence-corrected chi connectivity index (χ1v) is 8.43. The lowest BCUT2D eigenvalue weighted by atomic mass is 9.95. The molecule has 1 aromatic carbocycles. The summed E-state index contributed by atoms with van der Waals surface area (Å²) < 4.78 is 4.67. The molecule has 0 fully saturated rings. The zero-order valence-corrected chi connectivity index (χ0v) is 15.0. The van der Waals surface area contributed by atoms with Crippen molar-refractivity contribution in [2.24, 2.45) is 5.73 Å². The number of hydrogen-bond donors (Lipinski definition) is 3. The predicted octanol–water partition coefficient (Wildman–Crippen LogP) is 0.000300. The molecule has 27 heavy (non-hydrogen) atoms. The summed E-state index contributed by atoms with van der Waals surface area (Å²) in [6.45, 7) is 1.60. The summed E-state index contributed by atoms with van der Waals surface area (Å²) >= 11 is 0. The van der Waals surface area contributed by atoms with E-state index in [1.165, 1.54) is 6.07 Å². The molecule has 1 aromatic rings. The quantitative estimate of drug-likeness (QED) is 0.423. The number of aliphatic carboxylic acids is 1. The molecule has 0 radical (unpaired) electrons. The van der Waals surface area contributed by atoms with Gasteiger partial charge < -0.3 is 20.7 Å². The molecule has 3 atom stereocenters. The van der Waals surface area contributed by atoms with Crippen LogP contribution in [0.4, 0.5) is 0 Å². The third-order valence-electron chi connectivity index (χ3n) is 4.69. The average Bonchev–Trinajstić information content (AvgIpc) is 2.88. The molecule has 9 heteroatoms. The van der Waals surface area contributed by atoms with Crippen molar-refractivity contribution >= 4 is 23.6 Å². The standard InChI is InChI=1S/C18H22N2O7/c1-3-18(26)11-7-5-4-6-10(11)16(24)20(18)14(17(25)27-2)15(23)12(19)8-9-13(21)22/h4-7,12,14,26H,3,8-9,19H2,1-2H3,(H,21,22)/t12-,14-,18?/m0/s1. The van der Waals surface area contributed by atoms with Gasteiger partial charge in [-0.2, -0.15) is 0 Å². The third kappa shape index (κ3) is 3.56. The lowest BCUT2D eigenvalue weighted by Gasteiger charge is -2.37. The minimum atomic E-state index is -1.89. The lowest BCUT2D eigenvalue weighted by molar-refractivity contribution is -0.165. The van der Waals surface area contributed by atoms with Crippen LogP contribution >= 0.6 is 0 Å². The molecule has 0 saturated carbocycles. The second kappa shape index (κ2) is 7.85. The number of fused-ring (bicyclic) bond motifs is 1. The molecule has 0 aromatic heterocycles. The first-order valence-electron chi connectivity index (χ1n) is 8.43. The normalized spacial score (nSPS) is 20.7. The summed E-state index contributed by atoms with van der Waals surface area (Å²) in [5.41, 5.74) is 4.32. The Morgan fingerprint density at radius 2 is 1.93 bits per heavy atom. The largest absolute Gasteiger partial charge is 0.481 e. The van der Waals surface area contributed by atoms with Gasteiger partial charge >= 0.3 is 11.9 Å². The second-order valence-electron chi connectivity index (χ2n) is 6.26. The Labute approximate surface area is 155 Å². The summed E-state index contributed by atoms with van der Waals surface area (Å²) in [4.78, 5) is 49.6. The van der Waals surface area contributed by atoms with Crippen LogP contribution in [0.25, 0.3) is 0 Å². The van der Waals surface area contributed by atoms with Crippen LogP contribution in [0.15, 0.2) is 24.3 Å². The average molecular weight is 378 g/mol. The molecule has 2 rings (SSSR count). The SMILES string of the molecule is CCC1(O)c2ccccc2C(=O)N1[C@H](C(=O)OC)C(=O)[C@@H](N)CCC(=O)O. The van der Waals surface area contributed by atoms with Gasteiger partial charge in [0.25, 0.3) is 5.91 Å². The van der Waals surface area contributed by atoms with E-state index < -0.39 is 41.4 Å². The Hall–Kier alpha value is -2.78. The number of hydrogen-bond acceptors (Lipinski definition) is 7. The van der Waals surface area contributed by atoms with Gasteiger partial charge in [-0.1, -0.05) is 25.1 Å². The number of carboxylic acids is 1. The van der Waals surface area contributed by atoms with Crippen molar-refractivity contribution in [1.29, 1.82) is 0 Å². The highest BCUT2D eigenvalue weighted by Gasteiger charge is 2.54. The topological polar surface area (TPSA) is 147 Å². The number of carbonyl (C=O) groups excluding carboxylic acids is 3. The number of nitrogens with two attached hydrogens (primary N) is 1. The number of aliphatic hydroxyl groups is 1. The Morgan fingerprint density at radius 1 is 1.30 bits per heavy atom. The molecule has 1 aliphatic heterocycles. The molecular formula is C18H22N2O7. The van der Waals surface area contributed by atoms with E-state index in [0.29, 0.717) is 0 Å². The molecule has 146 valence electrons. The van der Waals surface area contributed by atoms with E-state index in [9.17, 15) is 24.3 Å². The Morgan fingerprint density at radius 3 is 2.48 bits per heavy atom. The van der Waals surface area contributed by atoms with E-state index >= 15 is 0 Å². The smallest absolute Gasteiger partial charge is 0.336 e.